The number of aryl methyl sites for hydroxylation is 2. The van der Waals surface area contributed by atoms with Crippen molar-refractivity contribution < 1.29 is 57.1 Å². The molecule has 0 radical (unpaired) electrons. The molecule has 394 valence electrons. The number of nitrogens with one attached hydrogen (secondary N) is 1. The number of amides is 1. The first-order valence-corrected chi connectivity index (χ1v) is 24.2. The maximum atomic E-state index is 13.0. The third-order valence-corrected chi connectivity index (χ3v) is 11.2. The Balaban J connectivity index is 0.000000303. The number of rotatable bonds is 31. The summed E-state index contributed by atoms with van der Waals surface area (Å²) in [5, 5.41) is 3.27. The summed E-state index contributed by atoms with van der Waals surface area (Å²) in [6.45, 7) is 12.5. The largest absolute Gasteiger partial charge is 0.496 e. The minimum Gasteiger partial charge on any atom is -0.496 e. The average molecular weight is 1010 g/mol. The first kappa shape index (κ1) is 60.9. The Bertz CT molecular complexity index is 2360. The molecule has 0 bridgehead atoms. The van der Waals surface area contributed by atoms with Crippen molar-refractivity contribution in [3.05, 3.63) is 179 Å². The lowest BCUT2D eigenvalue weighted by atomic mass is 10.1. The Morgan fingerprint density at radius 3 is 1.48 bits per heavy atom. The third-order valence-electron chi connectivity index (χ3n) is 11.2. The number of benzene rings is 5. The molecule has 0 fully saturated rings. The van der Waals surface area contributed by atoms with Crippen LogP contribution >= 0.6 is 0 Å². The summed E-state index contributed by atoms with van der Waals surface area (Å²) < 4.78 is 42.8. The van der Waals surface area contributed by atoms with Crippen molar-refractivity contribution in [2.45, 2.75) is 72.2 Å². The maximum Gasteiger partial charge on any atom is 0.227 e. The fourth-order valence-corrected chi connectivity index (χ4v) is 7.15. The third kappa shape index (κ3) is 23.4. The van der Waals surface area contributed by atoms with Crippen LogP contribution in [0.25, 0.3) is 0 Å². The van der Waals surface area contributed by atoms with Crippen LogP contribution in [0, 0.1) is 19.8 Å². The van der Waals surface area contributed by atoms with Crippen molar-refractivity contribution in [2.75, 3.05) is 75.2 Å². The monoisotopic (exact) mass is 1000 g/mol. The van der Waals surface area contributed by atoms with Gasteiger partial charge in [0.2, 0.25) is 5.91 Å². The van der Waals surface area contributed by atoms with Gasteiger partial charge in [-0.05, 0) is 53.8 Å². The number of Topliss-reactive ketones (excluding diaryl/α,β-unsaturated/α-hetero) is 3. The molecule has 0 unspecified atom stereocenters. The molecule has 0 saturated carbocycles. The van der Waals surface area contributed by atoms with Crippen LogP contribution in [0.1, 0.15) is 52.3 Å². The number of hydrogen-bond donors (Lipinski definition) is 1. The lowest BCUT2D eigenvalue weighted by Gasteiger charge is -2.31. The molecule has 14 heteroatoms. The van der Waals surface area contributed by atoms with Gasteiger partial charge >= 0.3 is 0 Å². The predicted octanol–water partition coefficient (Wildman–Crippen LogP) is 8.66. The lowest BCUT2D eigenvalue weighted by Crippen LogP contribution is -2.48. The molecule has 1 N–H and O–H groups in total. The molecular weight excluding hydrogens is 929 g/mol. The van der Waals surface area contributed by atoms with Crippen LogP contribution in [-0.2, 0) is 80.5 Å². The number of methoxy groups -OCH3 is 5. The first-order chi connectivity index (χ1) is 35.4. The summed E-state index contributed by atoms with van der Waals surface area (Å²) in [5.74, 6) is 0.973. The van der Waals surface area contributed by atoms with Gasteiger partial charge in [-0.3, -0.25) is 19.2 Å². The zero-order valence-electron chi connectivity index (χ0n) is 44.0. The van der Waals surface area contributed by atoms with E-state index in [1.54, 1.807) is 14.2 Å². The highest BCUT2D eigenvalue weighted by Gasteiger charge is 2.30. The Morgan fingerprint density at radius 1 is 0.562 bits per heavy atom. The lowest BCUT2D eigenvalue weighted by molar-refractivity contribution is -0.144. The van der Waals surface area contributed by atoms with Gasteiger partial charge in [0.25, 0.3) is 0 Å². The highest BCUT2D eigenvalue weighted by atomic mass is 16.5. The standard InChI is InChI=1S/C25H31NO5.C21H27NO4.C13H18O3/c1-5-9-25(28)26(15-21-13-12-19(2)14-24(21)30-4)22(23(27)18-29-3)17-31-16-20-10-7-6-8-11-20;1-16-9-10-18(21(11-16)25-3)12-22-19(20(23)15-24-2)14-26-13-17-7-5-4-6-8-17;1-11(13(14)10-15-2)8-16-9-12-6-4-3-5-7-12/h5-8,10-14,22H,1,9,15-18H2,2-4H3;4-11,19,22H,12-15H2,1-3H3;3-7,11H,8-10H2,1-2H3/t22-;19-;11-/m000/s1. The van der Waals surface area contributed by atoms with Crippen molar-refractivity contribution in [3.8, 4) is 11.5 Å². The minimum atomic E-state index is -0.790. The molecule has 1 amide bonds. The number of ether oxygens (including phenoxy) is 8. The molecular formula is C59H76N2O12. The molecule has 14 nitrogen and oxygen atoms in total. The second-order valence-corrected chi connectivity index (χ2v) is 17.2. The van der Waals surface area contributed by atoms with Crippen molar-refractivity contribution in [2.24, 2.45) is 5.92 Å². The number of carbonyl (C=O) groups is 4. The fourth-order valence-electron chi connectivity index (χ4n) is 7.15. The Labute approximate surface area is 432 Å². The van der Waals surface area contributed by atoms with E-state index in [0.717, 1.165) is 44.7 Å². The van der Waals surface area contributed by atoms with Gasteiger partial charge in [-0.2, -0.15) is 0 Å². The molecule has 5 aromatic rings. The summed E-state index contributed by atoms with van der Waals surface area (Å²) in [4.78, 5) is 51.1. The molecule has 0 aliphatic rings. The molecule has 73 heavy (non-hydrogen) atoms. The van der Waals surface area contributed by atoms with E-state index in [0.29, 0.717) is 38.7 Å². The van der Waals surface area contributed by atoms with E-state index >= 15 is 0 Å². The Hall–Kier alpha value is -6.36. The predicted molar refractivity (Wildman–Crippen MR) is 283 cm³/mol. The van der Waals surface area contributed by atoms with E-state index in [-0.39, 0.29) is 75.2 Å². The van der Waals surface area contributed by atoms with Crippen LogP contribution in [0.3, 0.4) is 0 Å². The normalized spacial score (nSPS) is 11.9. The van der Waals surface area contributed by atoms with Crippen LogP contribution in [0.15, 0.2) is 140 Å². The quantitative estimate of drug-likeness (QED) is 0.0421. The fraction of sp³-hybridized carbons (Fsp3) is 0.390. The molecule has 5 rings (SSSR count). The smallest absolute Gasteiger partial charge is 0.227 e. The Morgan fingerprint density at radius 2 is 1.00 bits per heavy atom. The van der Waals surface area contributed by atoms with Gasteiger partial charge in [-0.25, -0.2) is 0 Å². The topological polar surface area (TPSA) is 157 Å². The molecule has 0 aliphatic heterocycles. The van der Waals surface area contributed by atoms with Crippen LogP contribution in [0.5, 0.6) is 11.5 Å². The molecule has 0 aromatic heterocycles. The summed E-state index contributed by atoms with van der Waals surface area (Å²) in [6, 6.07) is 40.0. The number of carbonyl (C=O) groups excluding carboxylic acids is 4. The molecule has 0 spiro atoms. The number of hydrogen-bond acceptors (Lipinski definition) is 13. The highest BCUT2D eigenvalue weighted by Crippen LogP contribution is 2.24. The van der Waals surface area contributed by atoms with Crippen LogP contribution < -0.4 is 14.8 Å². The van der Waals surface area contributed by atoms with Crippen LogP contribution in [0.4, 0.5) is 0 Å². The van der Waals surface area contributed by atoms with E-state index in [1.807, 2.05) is 148 Å². The second-order valence-electron chi connectivity index (χ2n) is 17.2. The van der Waals surface area contributed by atoms with E-state index in [1.165, 1.54) is 32.3 Å². The molecule has 0 saturated heterocycles. The van der Waals surface area contributed by atoms with E-state index in [9.17, 15) is 19.2 Å². The maximum absolute atomic E-state index is 13.0. The molecule has 5 aromatic carbocycles. The van der Waals surface area contributed by atoms with Crippen molar-refractivity contribution in [1.29, 1.82) is 0 Å². The molecule has 3 atom stereocenters. The van der Waals surface area contributed by atoms with Crippen LogP contribution in [-0.4, -0.2) is 115 Å². The number of ketones is 3. The zero-order valence-corrected chi connectivity index (χ0v) is 44.0. The van der Waals surface area contributed by atoms with Gasteiger partial charge in [0.05, 0.1) is 66.4 Å². The average Bonchev–Trinajstić information content (AvgIpc) is 3.40. The zero-order chi connectivity index (χ0) is 53.2. The van der Waals surface area contributed by atoms with Gasteiger partial charge in [0, 0.05) is 51.3 Å². The van der Waals surface area contributed by atoms with Gasteiger partial charge in [-0.15, -0.1) is 6.58 Å². The molecule has 0 aliphatic carbocycles. The summed E-state index contributed by atoms with van der Waals surface area (Å²) in [6.07, 6.45) is 1.65. The summed E-state index contributed by atoms with van der Waals surface area (Å²) in [5.41, 5.74) is 7.16. The SMILES string of the molecule is C=CCC(=O)N(Cc1ccc(C)cc1OC)[C@@H](COCc1ccccc1)C(=O)COC.COCC(=O)[C@@H](C)COCc1ccccc1.COCC(=O)[C@H](COCc1ccccc1)NCc1ccc(C)cc1OC. The Kier molecular flexibility index (Phi) is 29.8. The van der Waals surface area contributed by atoms with Crippen molar-refractivity contribution >= 4 is 23.3 Å². The number of nitrogens with zero attached hydrogens (tertiary/aromatic N) is 1. The first-order valence-electron chi connectivity index (χ1n) is 24.2. The van der Waals surface area contributed by atoms with E-state index in [2.05, 4.69) is 11.9 Å². The second kappa shape index (κ2) is 35.7. The van der Waals surface area contributed by atoms with Crippen LogP contribution in [0.2, 0.25) is 0 Å². The van der Waals surface area contributed by atoms with Gasteiger partial charge in [0.15, 0.2) is 17.3 Å². The summed E-state index contributed by atoms with van der Waals surface area (Å²) >= 11 is 0. The van der Waals surface area contributed by atoms with Crippen molar-refractivity contribution in [1.82, 2.24) is 10.2 Å². The van der Waals surface area contributed by atoms with Gasteiger partial charge in [-0.1, -0.05) is 128 Å². The minimum absolute atomic E-state index is 0.0355. The van der Waals surface area contributed by atoms with E-state index < -0.39 is 12.1 Å². The van der Waals surface area contributed by atoms with Crippen molar-refractivity contribution in [3.63, 3.8) is 0 Å². The highest BCUT2D eigenvalue weighted by molar-refractivity contribution is 5.90. The van der Waals surface area contributed by atoms with Gasteiger partial charge < -0.3 is 48.1 Å². The van der Waals surface area contributed by atoms with E-state index in [4.69, 9.17) is 37.9 Å². The van der Waals surface area contributed by atoms with Gasteiger partial charge in [0.1, 0.15) is 37.4 Å². The molecule has 0 heterocycles. The summed E-state index contributed by atoms with van der Waals surface area (Å²) in [7, 11) is 7.73.